The van der Waals surface area contributed by atoms with E-state index < -0.39 is 53.8 Å². The summed E-state index contributed by atoms with van der Waals surface area (Å²) in [5.74, 6) is 8.67. The number of nitrogens with zero attached hydrogens (tertiary/aromatic N) is 2. The van der Waals surface area contributed by atoms with Crippen LogP contribution >= 0.6 is 0 Å². The zero-order chi connectivity index (χ0) is 18.6. The molecule has 132 valence electrons. The van der Waals surface area contributed by atoms with Crippen molar-refractivity contribution in [1.29, 1.82) is 0 Å². The number of ether oxygens (including phenoxy) is 1. The first-order valence-electron chi connectivity index (χ1n) is 6.07. The second kappa shape index (κ2) is 7.38. The second-order valence-electron chi connectivity index (χ2n) is 4.26. The number of amides is 4. The van der Waals surface area contributed by atoms with Crippen LogP contribution in [0.1, 0.15) is 10.4 Å². The van der Waals surface area contributed by atoms with Gasteiger partial charge in [-0.3, -0.25) is 0 Å². The Morgan fingerprint density at radius 2 is 1.54 bits per heavy atom. The highest BCUT2D eigenvalue weighted by atomic mass is 19.3. The molecule has 0 saturated heterocycles. The molecule has 4 amide bonds. The van der Waals surface area contributed by atoms with Crippen LogP contribution in [0.5, 0.6) is 5.75 Å². The van der Waals surface area contributed by atoms with Crippen LogP contribution in [0.3, 0.4) is 0 Å². The fourth-order valence-electron chi connectivity index (χ4n) is 1.62. The lowest BCUT2D eigenvalue weighted by atomic mass is 10.1. The number of carbonyl (C=O) groups excluding carboxylic acids is 2. The van der Waals surface area contributed by atoms with Crippen molar-refractivity contribution in [3.05, 3.63) is 17.7 Å². The Balaban J connectivity index is 3.56. The topological polar surface area (TPSA) is 191 Å². The predicted molar refractivity (Wildman–Crippen MR) is 77.4 cm³/mol. The van der Waals surface area contributed by atoms with Crippen molar-refractivity contribution >= 4 is 29.4 Å². The number of alkyl halides is 2. The standard InChI is InChI=1S/C11H14F2N6O5/c12-8(13)3-24-7-2-6(19(17)11(15)23)5(18(16)10(14)22)1-4(7)9(20)21/h1-2,8H,3,16-17H2,(H2,14,22)(H2,15,23)(H,20,21). The molecular weight excluding hydrogens is 334 g/mol. The Kier molecular flexibility index (Phi) is 5.80. The molecule has 0 unspecified atom stereocenters. The van der Waals surface area contributed by atoms with Crippen LogP contribution in [0.4, 0.5) is 29.7 Å². The van der Waals surface area contributed by atoms with Crippen molar-refractivity contribution in [1.82, 2.24) is 0 Å². The van der Waals surface area contributed by atoms with E-state index in [1.165, 1.54) is 0 Å². The molecule has 0 radical (unpaired) electrons. The first-order valence-corrected chi connectivity index (χ1v) is 6.07. The number of hydrogen-bond acceptors (Lipinski definition) is 6. The number of urea groups is 2. The molecule has 0 aliphatic carbocycles. The van der Waals surface area contributed by atoms with Crippen LogP contribution in [0.15, 0.2) is 12.1 Å². The maximum atomic E-state index is 12.3. The zero-order valence-electron chi connectivity index (χ0n) is 12.0. The number of benzene rings is 1. The molecule has 13 heteroatoms. The van der Waals surface area contributed by atoms with Crippen LogP contribution in [0, 0.1) is 0 Å². The predicted octanol–water partition coefficient (Wildman–Crippen LogP) is -0.454. The van der Waals surface area contributed by atoms with Crippen molar-refractivity contribution < 1.29 is 33.0 Å². The quantitative estimate of drug-likeness (QED) is 0.261. The van der Waals surface area contributed by atoms with Crippen molar-refractivity contribution in [2.75, 3.05) is 16.6 Å². The molecule has 0 spiro atoms. The highest BCUT2D eigenvalue weighted by Gasteiger charge is 2.25. The third-order valence-corrected chi connectivity index (χ3v) is 2.67. The average molecular weight is 348 g/mol. The van der Waals surface area contributed by atoms with Crippen LogP contribution in [0.25, 0.3) is 0 Å². The fourth-order valence-corrected chi connectivity index (χ4v) is 1.62. The third-order valence-electron chi connectivity index (χ3n) is 2.67. The zero-order valence-corrected chi connectivity index (χ0v) is 12.0. The van der Waals surface area contributed by atoms with Gasteiger partial charge in [-0.25, -0.2) is 44.9 Å². The number of rotatable bonds is 6. The van der Waals surface area contributed by atoms with Gasteiger partial charge in [-0.15, -0.1) is 0 Å². The molecule has 0 atom stereocenters. The van der Waals surface area contributed by atoms with Crippen LogP contribution < -0.4 is 37.9 Å². The minimum Gasteiger partial charge on any atom is -0.487 e. The van der Waals surface area contributed by atoms with Crippen molar-refractivity contribution in [3.63, 3.8) is 0 Å². The molecule has 0 heterocycles. The highest BCUT2D eigenvalue weighted by molar-refractivity contribution is 6.02. The van der Waals surface area contributed by atoms with Gasteiger partial charge in [-0.05, 0) is 6.07 Å². The number of aromatic carboxylic acids is 1. The minimum absolute atomic E-state index is 0.293. The number of primary amides is 2. The number of carboxylic acids is 1. The van der Waals surface area contributed by atoms with Gasteiger partial charge in [0, 0.05) is 6.07 Å². The van der Waals surface area contributed by atoms with E-state index in [-0.39, 0.29) is 0 Å². The van der Waals surface area contributed by atoms with Gasteiger partial charge in [0.2, 0.25) is 0 Å². The summed E-state index contributed by atoms with van der Waals surface area (Å²) in [5, 5.41) is 9.73. The van der Waals surface area contributed by atoms with Gasteiger partial charge >= 0.3 is 18.0 Å². The van der Waals surface area contributed by atoms with Crippen LogP contribution in [-0.4, -0.2) is 36.2 Å². The molecule has 1 rings (SSSR count). The summed E-state index contributed by atoms with van der Waals surface area (Å²) in [6, 6.07) is -0.843. The molecule has 1 aromatic rings. The third kappa shape index (κ3) is 4.17. The van der Waals surface area contributed by atoms with E-state index in [1.54, 1.807) is 0 Å². The second-order valence-corrected chi connectivity index (χ2v) is 4.26. The summed E-state index contributed by atoms with van der Waals surface area (Å²) < 4.78 is 29.3. The highest BCUT2D eigenvalue weighted by Crippen LogP contribution is 2.34. The van der Waals surface area contributed by atoms with Crippen LogP contribution in [-0.2, 0) is 0 Å². The SMILES string of the molecule is NC(=O)N(N)c1cc(OCC(F)F)c(C(=O)O)cc1N(N)C(N)=O. The lowest BCUT2D eigenvalue weighted by Gasteiger charge is -2.24. The number of halogens is 2. The monoisotopic (exact) mass is 348 g/mol. The molecule has 0 bridgehead atoms. The number of carboxylic acid groups (broad SMARTS) is 1. The van der Waals surface area contributed by atoms with E-state index in [0.717, 1.165) is 12.1 Å². The molecular formula is C11H14F2N6O5. The summed E-state index contributed by atoms with van der Waals surface area (Å²) in [5.41, 5.74) is 8.55. The van der Waals surface area contributed by atoms with Gasteiger partial charge in [-0.1, -0.05) is 0 Å². The summed E-state index contributed by atoms with van der Waals surface area (Å²) in [6.07, 6.45) is -2.89. The Labute approximate surface area is 133 Å². The Hall–Kier alpha value is -3.19. The number of hydrogen-bond donors (Lipinski definition) is 5. The summed E-state index contributed by atoms with van der Waals surface area (Å²) in [6.45, 7) is -1.12. The summed E-state index contributed by atoms with van der Waals surface area (Å²) in [4.78, 5) is 33.7. The van der Waals surface area contributed by atoms with E-state index in [9.17, 15) is 23.2 Å². The smallest absolute Gasteiger partial charge is 0.339 e. The van der Waals surface area contributed by atoms with Gasteiger partial charge in [0.05, 0.1) is 11.4 Å². The van der Waals surface area contributed by atoms with E-state index in [2.05, 4.69) is 4.74 Å². The van der Waals surface area contributed by atoms with Gasteiger partial charge < -0.3 is 21.3 Å². The first-order chi connectivity index (χ1) is 11.1. The summed E-state index contributed by atoms with van der Waals surface area (Å²) >= 11 is 0. The summed E-state index contributed by atoms with van der Waals surface area (Å²) in [7, 11) is 0. The molecule has 9 N–H and O–H groups in total. The molecule has 0 fully saturated rings. The molecule has 0 saturated carbocycles. The first kappa shape index (κ1) is 18.9. The molecule has 11 nitrogen and oxygen atoms in total. The normalized spacial score (nSPS) is 10.4. The molecule has 0 aromatic heterocycles. The Bertz CT molecular complexity index is 671. The maximum Gasteiger partial charge on any atom is 0.339 e. The van der Waals surface area contributed by atoms with Gasteiger partial charge in [0.25, 0.3) is 6.43 Å². The van der Waals surface area contributed by atoms with Gasteiger partial charge in [0.1, 0.15) is 17.9 Å². The van der Waals surface area contributed by atoms with Crippen molar-refractivity contribution in [3.8, 4) is 5.75 Å². The van der Waals surface area contributed by atoms with Gasteiger partial charge in [-0.2, -0.15) is 0 Å². The fraction of sp³-hybridized carbons (Fsp3) is 0.182. The van der Waals surface area contributed by atoms with Gasteiger partial charge in [0.15, 0.2) is 0 Å². The average Bonchev–Trinajstić information content (AvgIpc) is 2.50. The number of anilines is 2. The maximum absolute atomic E-state index is 12.3. The molecule has 24 heavy (non-hydrogen) atoms. The van der Waals surface area contributed by atoms with E-state index >= 15 is 0 Å². The molecule has 0 aliphatic heterocycles. The lowest BCUT2D eigenvalue weighted by molar-refractivity contribution is 0.0664. The van der Waals surface area contributed by atoms with Crippen molar-refractivity contribution in [2.45, 2.75) is 6.43 Å². The van der Waals surface area contributed by atoms with Crippen molar-refractivity contribution in [2.24, 2.45) is 23.2 Å². The molecule has 0 aliphatic rings. The largest absolute Gasteiger partial charge is 0.487 e. The number of nitrogens with two attached hydrogens (primary N) is 4. The number of carbonyl (C=O) groups is 3. The lowest BCUT2D eigenvalue weighted by Crippen LogP contribution is -2.46. The van der Waals surface area contributed by atoms with E-state index in [1.807, 2.05) is 0 Å². The Morgan fingerprint density at radius 3 is 1.92 bits per heavy atom. The van der Waals surface area contributed by atoms with E-state index in [0.29, 0.717) is 10.0 Å². The van der Waals surface area contributed by atoms with Crippen LogP contribution in [0.2, 0.25) is 0 Å². The Morgan fingerprint density at radius 1 is 1.08 bits per heavy atom. The van der Waals surface area contributed by atoms with E-state index in [4.69, 9.17) is 28.3 Å². The molecule has 1 aromatic carbocycles. The minimum atomic E-state index is -2.89. The number of hydrazine groups is 2.